The van der Waals surface area contributed by atoms with E-state index in [0.717, 1.165) is 19.5 Å². The smallest absolute Gasteiger partial charge is 0.167 e. The van der Waals surface area contributed by atoms with Crippen molar-refractivity contribution < 1.29 is 4.21 Å². The Morgan fingerprint density at radius 1 is 1.57 bits per heavy atom. The van der Waals surface area contributed by atoms with E-state index >= 15 is 0 Å². The molecule has 0 spiro atoms. The number of hydrogen-bond donors (Lipinski definition) is 1. The molecule has 0 aliphatic carbocycles. The van der Waals surface area contributed by atoms with Crippen LogP contribution in [0.25, 0.3) is 0 Å². The van der Waals surface area contributed by atoms with Crippen molar-refractivity contribution in [2.24, 2.45) is 5.14 Å². The van der Waals surface area contributed by atoms with Gasteiger partial charge in [0.15, 0.2) is 11.2 Å². The lowest BCUT2D eigenvalue weighted by atomic mass is 10.3. The van der Waals surface area contributed by atoms with Crippen LogP contribution in [-0.4, -0.2) is 21.6 Å². The molecule has 42 valence electrons. The van der Waals surface area contributed by atoms with Crippen molar-refractivity contribution in [2.45, 2.75) is 6.42 Å². The lowest BCUT2D eigenvalue weighted by Gasteiger charge is -2.26. The maximum Gasteiger partial charge on any atom is 0.167 e. The van der Waals surface area contributed by atoms with Crippen LogP contribution in [0.1, 0.15) is 6.42 Å². The van der Waals surface area contributed by atoms with Crippen molar-refractivity contribution >= 4 is 11.2 Å². The van der Waals surface area contributed by atoms with Gasteiger partial charge < -0.3 is 0 Å². The summed E-state index contributed by atoms with van der Waals surface area (Å²) in [4.78, 5) is 0. The van der Waals surface area contributed by atoms with E-state index in [1.54, 1.807) is 4.31 Å². The molecule has 0 aromatic heterocycles. The minimum atomic E-state index is -1.19. The highest BCUT2D eigenvalue weighted by molar-refractivity contribution is 7.80. The summed E-state index contributed by atoms with van der Waals surface area (Å²) in [6.07, 6.45) is 1.14. The molecule has 1 aliphatic rings. The van der Waals surface area contributed by atoms with E-state index < -0.39 is 11.2 Å². The first-order chi connectivity index (χ1) is 3.30. The third-order valence-corrected chi connectivity index (χ3v) is 1.94. The summed E-state index contributed by atoms with van der Waals surface area (Å²) in [7, 11) is 0. The van der Waals surface area contributed by atoms with E-state index in [1.807, 2.05) is 0 Å². The second-order valence-electron chi connectivity index (χ2n) is 1.56. The molecule has 0 radical (unpaired) electrons. The summed E-state index contributed by atoms with van der Waals surface area (Å²) in [6.45, 7) is 1.81. The average molecular weight is 120 g/mol. The van der Waals surface area contributed by atoms with Crippen molar-refractivity contribution in [1.29, 1.82) is 0 Å². The maximum atomic E-state index is 10.2. The molecule has 1 rings (SSSR count). The molecule has 0 aromatic rings. The minimum absolute atomic E-state index is 0.906. The first-order valence-corrected chi connectivity index (χ1v) is 3.39. The second-order valence-corrected chi connectivity index (χ2v) is 2.63. The zero-order valence-electron chi connectivity index (χ0n) is 3.96. The zero-order valence-corrected chi connectivity index (χ0v) is 4.78. The minimum Gasteiger partial charge on any atom is -0.238 e. The van der Waals surface area contributed by atoms with Gasteiger partial charge >= 0.3 is 0 Å². The Hall–Kier alpha value is 0.0700. The van der Waals surface area contributed by atoms with Crippen LogP contribution >= 0.6 is 0 Å². The number of nitrogens with zero attached hydrogens (tertiary/aromatic N) is 1. The van der Waals surface area contributed by atoms with Crippen LogP contribution in [-0.2, 0) is 11.2 Å². The van der Waals surface area contributed by atoms with Crippen LogP contribution in [0.2, 0.25) is 0 Å². The SMILES string of the molecule is NS(=O)N1CCC1. The van der Waals surface area contributed by atoms with E-state index in [4.69, 9.17) is 5.14 Å². The molecule has 0 amide bonds. The van der Waals surface area contributed by atoms with E-state index in [2.05, 4.69) is 0 Å². The van der Waals surface area contributed by atoms with Gasteiger partial charge in [0, 0.05) is 13.1 Å². The standard InChI is InChI=1S/C3H8N2OS/c4-7(6)5-2-1-3-5/h1-4H2. The topological polar surface area (TPSA) is 46.3 Å². The summed E-state index contributed by atoms with van der Waals surface area (Å²) in [6, 6.07) is 0. The lowest BCUT2D eigenvalue weighted by Crippen LogP contribution is -2.41. The van der Waals surface area contributed by atoms with E-state index in [0.29, 0.717) is 0 Å². The molecule has 1 fully saturated rings. The van der Waals surface area contributed by atoms with Crippen molar-refractivity contribution in [3.63, 3.8) is 0 Å². The highest BCUT2D eigenvalue weighted by Gasteiger charge is 2.16. The van der Waals surface area contributed by atoms with E-state index in [9.17, 15) is 4.21 Å². The van der Waals surface area contributed by atoms with E-state index in [-0.39, 0.29) is 0 Å². The molecular weight excluding hydrogens is 112 g/mol. The molecule has 2 N–H and O–H groups in total. The molecule has 3 nitrogen and oxygen atoms in total. The summed E-state index contributed by atoms with van der Waals surface area (Å²) in [5, 5.41) is 5.00. The Morgan fingerprint density at radius 2 is 2.14 bits per heavy atom. The molecule has 1 aliphatic heterocycles. The molecule has 1 atom stereocenters. The average Bonchev–Trinajstić information content (AvgIpc) is 1.23. The van der Waals surface area contributed by atoms with Crippen LogP contribution in [0.5, 0.6) is 0 Å². The van der Waals surface area contributed by atoms with Crippen LogP contribution in [0.4, 0.5) is 0 Å². The van der Waals surface area contributed by atoms with Crippen molar-refractivity contribution in [3.05, 3.63) is 0 Å². The van der Waals surface area contributed by atoms with Gasteiger partial charge in [-0.3, -0.25) is 0 Å². The number of hydrogen-bond acceptors (Lipinski definition) is 1. The molecule has 0 saturated carbocycles. The number of rotatable bonds is 1. The van der Waals surface area contributed by atoms with Crippen molar-refractivity contribution in [2.75, 3.05) is 13.1 Å². The Morgan fingerprint density at radius 3 is 2.14 bits per heavy atom. The predicted octanol–water partition coefficient (Wildman–Crippen LogP) is -0.770. The molecule has 1 saturated heterocycles. The first-order valence-electron chi connectivity index (χ1n) is 2.22. The van der Waals surface area contributed by atoms with Gasteiger partial charge in [0.2, 0.25) is 0 Å². The quantitative estimate of drug-likeness (QED) is 0.485. The zero-order chi connectivity index (χ0) is 5.28. The van der Waals surface area contributed by atoms with Crippen LogP contribution in [0, 0.1) is 0 Å². The monoisotopic (exact) mass is 120 g/mol. The summed E-state index contributed by atoms with van der Waals surface area (Å²) >= 11 is -1.19. The normalized spacial score (nSPS) is 26.4. The Labute approximate surface area is 45.2 Å². The van der Waals surface area contributed by atoms with Gasteiger partial charge in [0.05, 0.1) is 0 Å². The van der Waals surface area contributed by atoms with Gasteiger partial charge in [0.25, 0.3) is 0 Å². The van der Waals surface area contributed by atoms with Gasteiger partial charge in [0.1, 0.15) is 0 Å². The van der Waals surface area contributed by atoms with Gasteiger partial charge in [-0.15, -0.1) is 0 Å². The van der Waals surface area contributed by atoms with Gasteiger partial charge in [-0.25, -0.2) is 13.7 Å². The predicted molar refractivity (Wildman–Crippen MR) is 28.5 cm³/mol. The largest absolute Gasteiger partial charge is 0.238 e. The summed E-state index contributed by atoms with van der Waals surface area (Å²) in [5.74, 6) is 0. The number of nitrogens with two attached hydrogens (primary N) is 1. The third kappa shape index (κ3) is 0.992. The van der Waals surface area contributed by atoms with Gasteiger partial charge in [-0.2, -0.15) is 0 Å². The Bertz CT molecular complexity index is 90.9. The van der Waals surface area contributed by atoms with Gasteiger partial charge in [-0.1, -0.05) is 0 Å². The van der Waals surface area contributed by atoms with Crippen LogP contribution in [0.15, 0.2) is 0 Å². The van der Waals surface area contributed by atoms with Gasteiger partial charge in [-0.05, 0) is 6.42 Å². The lowest BCUT2D eigenvalue weighted by molar-refractivity contribution is 0.328. The Balaban J connectivity index is 2.27. The van der Waals surface area contributed by atoms with Crippen molar-refractivity contribution in [1.82, 2.24) is 4.31 Å². The molecule has 4 heteroatoms. The fraction of sp³-hybridized carbons (Fsp3) is 1.00. The molecular formula is C3H8N2OS. The molecule has 0 bridgehead atoms. The molecule has 1 unspecified atom stereocenters. The van der Waals surface area contributed by atoms with Crippen LogP contribution in [0.3, 0.4) is 0 Å². The van der Waals surface area contributed by atoms with Crippen molar-refractivity contribution in [3.8, 4) is 0 Å². The fourth-order valence-electron chi connectivity index (χ4n) is 0.467. The van der Waals surface area contributed by atoms with Crippen LogP contribution < -0.4 is 5.14 Å². The third-order valence-electron chi connectivity index (χ3n) is 1.07. The Kier molecular flexibility index (Phi) is 1.41. The summed E-state index contributed by atoms with van der Waals surface area (Å²) in [5.41, 5.74) is 0. The highest BCUT2D eigenvalue weighted by atomic mass is 32.2. The first kappa shape index (κ1) is 5.21. The fourth-order valence-corrected chi connectivity index (χ4v) is 1.09. The molecule has 1 heterocycles. The molecule has 7 heavy (non-hydrogen) atoms. The highest BCUT2D eigenvalue weighted by Crippen LogP contribution is 2.04. The van der Waals surface area contributed by atoms with E-state index in [1.165, 1.54) is 0 Å². The maximum absolute atomic E-state index is 10.2. The second kappa shape index (κ2) is 1.90. The summed E-state index contributed by atoms with van der Waals surface area (Å²) < 4.78 is 12.0. The molecule has 0 aromatic carbocycles.